The molecule has 1 heterocycles. The van der Waals surface area contributed by atoms with Crippen molar-refractivity contribution in [2.75, 3.05) is 12.3 Å². The van der Waals surface area contributed by atoms with Gasteiger partial charge in [-0.2, -0.15) is 13.2 Å². The molecule has 0 radical (unpaired) electrons. The molecule has 0 saturated carbocycles. The molecule has 0 N–H and O–H groups in total. The van der Waals surface area contributed by atoms with E-state index in [1.807, 2.05) is 37.3 Å². The van der Waals surface area contributed by atoms with Crippen LogP contribution in [0.1, 0.15) is 41.3 Å². The maximum Gasteiger partial charge on any atom is 0.416 e. The van der Waals surface area contributed by atoms with Gasteiger partial charge in [0.15, 0.2) is 0 Å². The second-order valence-corrected chi connectivity index (χ2v) is 7.40. The zero-order chi connectivity index (χ0) is 18.7. The number of carbonyl (C=O) groups is 1. The van der Waals surface area contributed by atoms with Crippen LogP contribution in [0.2, 0.25) is 0 Å². The Balaban J connectivity index is 1.93. The van der Waals surface area contributed by atoms with Crippen molar-refractivity contribution in [1.82, 2.24) is 4.90 Å². The molecule has 2 unspecified atom stereocenters. The van der Waals surface area contributed by atoms with E-state index in [0.717, 1.165) is 11.6 Å². The molecule has 2 aromatic rings. The van der Waals surface area contributed by atoms with E-state index in [1.54, 1.807) is 11.0 Å². The van der Waals surface area contributed by atoms with E-state index in [1.165, 1.54) is 23.9 Å². The molecule has 1 amide bonds. The van der Waals surface area contributed by atoms with Gasteiger partial charge in [-0.3, -0.25) is 4.79 Å². The molecule has 3 rings (SSSR count). The molecule has 1 saturated heterocycles. The average Bonchev–Trinajstić information content (AvgIpc) is 3.12. The van der Waals surface area contributed by atoms with Crippen molar-refractivity contribution in [1.29, 1.82) is 0 Å². The molecular weight excluding hydrogens is 359 g/mol. The van der Waals surface area contributed by atoms with E-state index in [2.05, 4.69) is 0 Å². The predicted molar refractivity (Wildman–Crippen MR) is 97.8 cm³/mol. The predicted octanol–water partition coefficient (Wildman–Crippen LogP) is 5.47. The number of hydrogen-bond donors (Lipinski definition) is 0. The van der Waals surface area contributed by atoms with E-state index in [-0.39, 0.29) is 17.4 Å². The molecule has 138 valence electrons. The minimum absolute atomic E-state index is 0.106. The number of alkyl halides is 3. The van der Waals surface area contributed by atoms with Gasteiger partial charge in [-0.1, -0.05) is 55.5 Å². The molecule has 0 aromatic heterocycles. The topological polar surface area (TPSA) is 20.3 Å². The Labute approximate surface area is 155 Å². The van der Waals surface area contributed by atoms with Crippen molar-refractivity contribution < 1.29 is 18.0 Å². The van der Waals surface area contributed by atoms with Crippen LogP contribution in [0.15, 0.2) is 54.6 Å². The van der Waals surface area contributed by atoms with E-state index < -0.39 is 17.1 Å². The van der Waals surface area contributed by atoms with Crippen LogP contribution in [-0.2, 0) is 11.0 Å². The van der Waals surface area contributed by atoms with Crippen LogP contribution < -0.4 is 0 Å². The van der Waals surface area contributed by atoms with Gasteiger partial charge in [-0.25, -0.2) is 0 Å². The molecule has 1 fully saturated rings. The first-order valence-electron chi connectivity index (χ1n) is 8.56. The second-order valence-electron chi connectivity index (χ2n) is 6.21. The standard InChI is InChI=1S/C20H20F3NOS/c1-2-15(14-8-4-3-5-9-14)18(25)24-12-13-26-19(24)16-10-6-7-11-17(16)20(21,22)23/h3-11,15,19H,2,12-13H2,1H3. The SMILES string of the molecule is CCC(C(=O)N1CCSC1c1ccccc1C(F)(F)F)c1ccccc1. The lowest BCUT2D eigenvalue weighted by atomic mass is 9.94. The monoisotopic (exact) mass is 379 g/mol. The molecule has 0 spiro atoms. The van der Waals surface area contributed by atoms with Crippen LogP contribution in [0.25, 0.3) is 0 Å². The highest BCUT2D eigenvalue weighted by Gasteiger charge is 2.40. The van der Waals surface area contributed by atoms with Gasteiger partial charge >= 0.3 is 6.18 Å². The van der Waals surface area contributed by atoms with Crippen LogP contribution in [0.3, 0.4) is 0 Å². The summed E-state index contributed by atoms with van der Waals surface area (Å²) in [6.45, 7) is 2.39. The Bertz CT molecular complexity index is 763. The first kappa shape index (κ1) is 18.8. The number of amides is 1. The number of carbonyl (C=O) groups excluding carboxylic acids is 1. The first-order valence-corrected chi connectivity index (χ1v) is 9.61. The van der Waals surface area contributed by atoms with Gasteiger partial charge in [-0.15, -0.1) is 11.8 Å². The number of nitrogens with zero attached hydrogens (tertiary/aromatic N) is 1. The summed E-state index contributed by atoms with van der Waals surface area (Å²) in [5, 5.41) is -0.599. The zero-order valence-corrected chi connectivity index (χ0v) is 15.2. The molecule has 2 aromatic carbocycles. The molecule has 0 bridgehead atoms. The van der Waals surface area contributed by atoms with Crippen molar-refractivity contribution >= 4 is 17.7 Å². The Morgan fingerprint density at radius 1 is 1.15 bits per heavy atom. The van der Waals surface area contributed by atoms with Crippen LogP contribution in [0.5, 0.6) is 0 Å². The van der Waals surface area contributed by atoms with E-state index in [4.69, 9.17) is 0 Å². The minimum atomic E-state index is -4.43. The summed E-state index contributed by atoms with van der Waals surface area (Å²) in [4.78, 5) is 14.8. The third-order valence-corrected chi connectivity index (χ3v) is 5.86. The van der Waals surface area contributed by atoms with Gasteiger partial charge in [0.1, 0.15) is 5.37 Å². The highest BCUT2D eigenvalue weighted by atomic mass is 32.2. The van der Waals surface area contributed by atoms with Gasteiger partial charge < -0.3 is 4.90 Å². The van der Waals surface area contributed by atoms with Crippen molar-refractivity contribution in [3.63, 3.8) is 0 Å². The maximum absolute atomic E-state index is 13.4. The lowest BCUT2D eigenvalue weighted by Crippen LogP contribution is -2.35. The average molecular weight is 379 g/mol. The lowest BCUT2D eigenvalue weighted by molar-refractivity contribution is -0.140. The normalized spacial score (nSPS) is 18.8. The molecule has 26 heavy (non-hydrogen) atoms. The fourth-order valence-corrected chi connectivity index (χ4v) is 4.66. The van der Waals surface area contributed by atoms with Crippen molar-refractivity contribution in [3.05, 3.63) is 71.3 Å². The van der Waals surface area contributed by atoms with E-state index in [9.17, 15) is 18.0 Å². The number of benzene rings is 2. The Hall–Kier alpha value is -1.95. The van der Waals surface area contributed by atoms with Gasteiger partial charge in [0.2, 0.25) is 5.91 Å². The molecule has 6 heteroatoms. The van der Waals surface area contributed by atoms with Gasteiger partial charge in [0, 0.05) is 12.3 Å². The summed E-state index contributed by atoms with van der Waals surface area (Å²) in [6, 6.07) is 15.0. The van der Waals surface area contributed by atoms with E-state index in [0.29, 0.717) is 18.7 Å². The van der Waals surface area contributed by atoms with Gasteiger partial charge in [-0.05, 0) is 23.6 Å². The quantitative estimate of drug-likeness (QED) is 0.702. The highest BCUT2D eigenvalue weighted by molar-refractivity contribution is 7.99. The van der Waals surface area contributed by atoms with Crippen LogP contribution in [0, 0.1) is 0 Å². The summed E-state index contributed by atoms with van der Waals surface area (Å²) in [6.07, 6.45) is -3.82. The fourth-order valence-electron chi connectivity index (χ4n) is 3.36. The fraction of sp³-hybridized carbons (Fsp3) is 0.350. The summed E-state index contributed by atoms with van der Waals surface area (Å²) in [7, 11) is 0. The Kier molecular flexibility index (Phi) is 5.61. The second kappa shape index (κ2) is 7.74. The number of thioether (sulfide) groups is 1. The van der Waals surface area contributed by atoms with Crippen LogP contribution in [-0.4, -0.2) is 23.1 Å². The third kappa shape index (κ3) is 3.75. The third-order valence-electron chi connectivity index (χ3n) is 4.61. The van der Waals surface area contributed by atoms with E-state index >= 15 is 0 Å². The first-order chi connectivity index (χ1) is 12.4. The smallest absolute Gasteiger partial charge is 0.325 e. The number of hydrogen-bond acceptors (Lipinski definition) is 2. The van der Waals surface area contributed by atoms with Crippen molar-refractivity contribution in [2.45, 2.75) is 30.8 Å². The van der Waals surface area contributed by atoms with Gasteiger partial charge in [0.25, 0.3) is 0 Å². The molecule has 1 aliphatic heterocycles. The summed E-state index contributed by atoms with van der Waals surface area (Å²) in [5.74, 6) is 0.189. The lowest BCUT2D eigenvalue weighted by Gasteiger charge is -2.29. The zero-order valence-electron chi connectivity index (χ0n) is 14.4. The maximum atomic E-state index is 13.4. The van der Waals surface area contributed by atoms with Crippen LogP contribution >= 0.6 is 11.8 Å². The molecule has 2 nitrogen and oxygen atoms in total. The molecule has 0 aliphatic carbocycles. The van der Waals surface area contributed by atoms with Crippen LogP contribution in [0.4, 0.5) is 13.2 Å². The summed E-state index contributed by atoms with van der Waals surface area (Å²) >= 11 is 1.39. The molecule has 1 aliphatic rings. The Morgan fingerprint density at radius 3 is 2.46 bits per heavy atom. The summed E-state index contributed by atoms with van der Waals surface area (Å²) < 4.78 is 40.2. The van der Waals surface area contributed by atoms with Crippen molar-refractivity contribution in [3.8, 4) is 0 Å². The van der Waals surface area contributed by atoms with Gasteiger partial charge in [0.05, 0.1) is 11.5 Å². The number of halogens is 3. The summed E-state index contributed by atoms with van der Waals surface area (Å²) in [5.41, 5.74) is 0.406. The number of rotatable bonds is 4. The highest BCUT2D eigenvalue weighted by Crippen LogP contribution is 2.44. The van der Waals surface area contributed by atoms with Crippen molar-refractivity contribution in [2.24, 2.45) is 0 Å². The minimum Gasteiger partial charge on any atom is -0.325 e. The largest absolute Gasteiger partial charge is 0.416 e. The molecule has 2 atom stereocenters. The molecular formula is C20H20F3NOS. The Morgan fingerprint density at radius 2 is 1.81 bits per heavy atom.